The molecule has 2 aromatic rings. The number of rotatable bonds is 6. The Labute approximate surface area is 134 Å². The van der Waals surface area contributed by atoms with Crippen LogP contribution in [0.25, 0.3) is 0 Å². The number of aromatic nitrogens is 3. The van der Waals surface area contributed by atoms with Crippen LogP contribution in [0.5, 0.6) is 0 Å². The molecule has 2 aliphatic rings. The van der Waals surface area contributed by atoms with Crippen LogP contribution in [0.1, 0.15) is 74.1 Å². The maximum atomic E-state index is 14.4. The van der Waals surface area contributed by atoms with Crippen LogP contribution in [0.3, 0.4) is 0 Å². The predicted octanol–water partition coefficient (Wildman–Crippen LogP) is 4.87. The van der Waals surface area contributed by atoms with Crippen LogP contribution in [0.4, 0.5) is 8.78 Å². The third-order valence-electron chi connectivity index (χ3n) is 4.91. The maximum absolute atomic E-state index is 14.4. The van der Waals surface area contributed by atoms with Gasteiger partial charge in [-0.1, -0.05) is 49.6 Å². The molecule has 0 bridgehead atoms. The summed E-state index contributed by atoms with van der Waals surface area (Å²) in [4.78, 5) is 4.16. The molecule has 23 heavy (non-hydrogen) atoms. The second kappa shape index (κ2) is 6.02. The summed E-state index contributed by atoms with van der Waals surface area (Å²) in [5.41, 5.74) is 0.995. The third kappa shape index (κ3) is 3.01. The summed E-state index contributed by atoms with van der Waals surface area (Å²) < 4.78 is 30.2. The van der Waals surface area contributed by atoms with Gasteiger partial charge in [-0.05, 0) is 24.3 Å². The van der Waals surface area contributed by atoms with E-state index in [9.17, 15) is 8.78 Å². The smallest absolute Gasteiger partial charge is 0.185 e. The number of nitrogens with zero attached hydrogens (tertiary/aromatic N) is 3. The molecule has 4 rings (SSSR count). The number of alkyl halides is 2. The highest BCUT2D eigenvalue weighted by Gasteiger charge is 2.36. The monoisotopic (exact) mass is 317 g/mol. The van der Waals surface area contributed by atoms with Gasteiger partial charge in [0.15, 0.2) is 24.0 Å². The Morgan fingerprint density at radius 1 is 1.22 bits per heavy atom. The van der Waals surface area contributed by atoms with E-state index in [1.54, 1.807) is 4.68 Å². The van der Waals surface area contributed by atoms with Crippen molar-refractivity contribution in [3.63, 3.8) is 0 Å². The summed E-state index contributed by atoms with van der Waals surface area (Å²) in [6.07, 6.45) is 2.94. The molecule has 0 N–H and O–H groups in total. The molecule has 0 spiro atoms. The van der Waals surface area contributed by atoms with Gasteiger partial charge in [0.2, 0.25) is 0 Å². The van der Waals surface area contributed by atoms with Crippen molar-refractivity contribution in [1.29, 1.82) is 0 Å². The van der Waals surface area contributed by atoms with Gasteiger partial charge in [0, 0.05) is 6.42 Å². The second-order valence-electron chi connectivity index (χ2n) is 6.74. The predicted molar refractivity (Wildman–Crippen MR) is 83.5 cm³/mol. The molecule has 2 heterocycles. The van der Waals surface area contributed by atoms with Gasteiger partial charge in [-0.3, -0.25) is 0 Å². The normalized spacial score (nSPS) is 24.6. The Hall–Kier alpha value is -1.78. The Morgan fingerprint density at radius 3 is 2.74 bits per heavy atom. The Bertz CT molecular complexity index is 666. The Kier molecular flexibility index (Phi) is 3.87. The molecular formula is C18H21F2N3. The van der Waals surface area contributed by atoms with E-state index >= 15 is 0 Å². The number of halogens is 2. The molecular weight excluding hydrogens is 296 g/mol. The lowest BCUT2D eigenvalue weighted by atomic mass is 10.0. The van der Waals surface area contributed by atoms with Gasteiger partial charge in [0.05, 0.1) is 6.04 Å². The largest absolute Gasteiger partial charge is 0.239 e. The molecule has 0 radical (unpaired) electrons. The van der Waals surface area contributed by atoms with Crippen molar-refractivity contribution in [2.75, 3.05) is 0 Å². The molecule has 122 valence electrons. The number of fused-ring (bicyclic) bond motifs is 1. The third-order valence-corrected chi connectivity index (χ3v) is 4.91. The molecule has 5 heteroatoms. The topological polar surface area (TPSA) is 30.7 Å². The zero-order chi connectivity index (χ0) is 15.8. The Morgan fingerprint density at radius 2 is 2.00 bits per heavy atom. The molecule has 1 aromatic carbocycles. The summed E-state index contributed by atoms with van der Waals surface area (Å²) in [5.74, 6) is 1.23. The van der Waals surface area contributed by atoms with Gasteiger partial charge in [-0.2, -0.15) is 5.10 Å². The minimum Gasteiger partial charge on any atom is -0.239 e. The van der Waals surface area contributed by atoms with Crippen molar-refractivity contribution < 1.29 is 8.78 Å². The van der Waals surface area contributed by atoms with Crippen LogP contribution in [0, 0.1) is 5.92 Å². The van der Waals surface area contributed by atoms with Crippen LogP contribution in [-0.2, 0) is 0 Å². The fourth-order valence-electron chi connectivity index (χ4n) is 3.40. The van der Waals surface area contributed by atoms with Gasteiger partial charge in [-0.25, -0.2) is 18.4 Å². The summed E-state index contributed by atoms with van der Waals surface area (Å²) in [6.45, 7) is 0. The zero-order valence-corrected chi connectivity index (χ0v) is 13.0. The van der Waals surface area contributed by atoms with Crippen molar-refractivity contribution in [2.45, 2.75) is 56.9 Å². The zero-order valence-electron chi connectivity index (χ0n) is 13.0. The molecule has 3 nitrogen and oxygen atoms in total. The van der Waals surface area contributed by atoms with Crippen molar-refractivity contribution in [1.82, 2.24) is 14.8 Å². The van der Waals surface area contributed by atoms with Crippen molar-refractivity contribution in [3.8, 4) is 0 Å². The summed E-state index contributed by atoms with van der Waals surface area (Å²) in [6, 6.07) is 9.51. The maximum Gasteiger partial charge on any atom is 0.185 e. The lowest BCUT2D eigenvalue weighted by Gasteiger charge is -2.11. The van der Waals surface area contributed by atoms with E-state index in [4.69, 9.17) is 0 Å². The van der Waals surface area contributed by atoms with Gasteiger partial charge < -0.3 is 0 Å². The van der Waals surface area contributed by atoms with Crippen LogP contribution in [0.2, 0.25) is 0 Å². The number of benzene rings is 1. The lowest BCUT2D eigenvalue weighted by Crippen LogP contribution is -2.08. The molecule has 1 aromatic heterocycles. The van der Waals surface area contributed by atoms with Crippen LogP contribution in [0.15, 0.2) is 30.3 Å². The molecule has 1 aliphatic heterocycles. The first-order valence-corrected chi connectivity index (χ1v) is 8.52. The van der Waals surface area contributed by atoms with E-state index < -0.39 is 12.3 Å². The first kappa shape index (κ1) is 14.8. The fourth-order valence-corrected chi connectivity index (χ4v) is 3.40. The number of hydrogen-bond donors (Lipinski definition) is 0. The average Bonchev–Trinajstić information content (AvgIpc) is 3.19. The minimum atomic E-state index is -1.18. The first-order valence-electron chi connectivity index (χ1n) is 8.52. The summed E-state index contributed by atoms with van der Waals surface area (Å²) >= 11 is 0. The van der Waals surface area contributed by atoms with Crippen LogP contribution in [-0.4, -0.2) is 14.8 Å². The highest BCUT2D eigenvalue weighted by molar-refractivity contribution is 5.23. The van der Waals surface area contributed by atoms with Gasteiger partial charge in [0.1, 0.15) is 0 Å². The van der Waals surface area contributed by atoms with E-state index in [0.29, 0.717) is 12.8 Å². The molecule has 0 saturated heterocycles. The highest BCUT2D eigenvalue weighted by Crippen LogP contribution is 2.40. The van der Waals surface area contributed by atoms with E-state index in [1.807, 2.05) is 30.3 Å². The van der Waals surface area contributed by atoms with Crippen LogP contribution >= 0.6 is 0 Å². The molecule has 0 amide bonds. The van der Waals surface area contributed by atoms with E-state index in [0.717, 1.165) is 24.3 Å². The van der Waals surface area contributed by atoms with Gasteiger partial charge in [0.25, 0.3) is 0 Å². The molecule has 1 saturated carbocycles. The lowest BCUT2D eigenvalue weighted by molar-refractivity contribution is 0.289. The van der Waals surface area contributed by atoms with E-state index in [-0.39, 0.29) is 17.7 Å². The number of hydrogen-bond acceptors (Lipinski definition) is 2. The van der Waals surface area contributed by atoms with Gasteiger partial charge in [-0.15, -0.1) is 0 Å². The average molecular weight is 317 g/mol. The fraction of sp³-hybridized carbons (Fsp3) is 0.556. The quantitative estimate of drug-likeness (QED) is 0.761. The van der Waals surface area contributed by atoms with Crippen LogP contribution < -0.4 is 0 Å². The summed E-state index contributed by atoms with van der Waals surface area (Å²) in [5, 5.41) is 4.30. The molecule has 1 fully saturated rings. The van der Waals surface area contributed by atoms with Crippen molar-refractivity contribution in [3.05, 3.63) is 47.5 Å². The highest BCUT2D eigenvalue weighted by atomic mass is 19.1. The SMILES string of the molecule is F[C@H](CCCC1CC1)c1nc2n(n1)[C@H](c1ccccc1)C[C@@H]2F. The molecule has 1 aliphatic carbocycles. The second-order valence-corrected chi connectivity index (χ2v) is 6.74. The molecule has 3 atom stereocenters. The van der Waals surface area contributed by atoms with Crippen molar-refractivity contribution in [2.24, 2.45) is 5.92 Å². The first-order chi connectivity index (χ1) is 11.2. The summed E-state index contributed by atoms with van der Waals surface area (Å²) in [7, 11) is 0. The van der Waals surface area contributed by atoms with E-state index in [2.05, 4.69) is 10.1 Å². The van der Waals surface area contributed by atoms with E-state index in [1.165, 1.54) is 12.8 Å². The van der Waals surface area contributed by atoms with Gasteiger partial charge >= 0.3 is 0 Å². The Balaban J connectivity index is 1.50. The standard InChI is InChI=1S/C18H21F2N3/c19-14(8-4-5-12-9-10-12)17-21-18-15(20)11-16(23(18)22-17)13-6-2-1-3-7-13/h1-3,6-7,12,14-16H,4-5,8-11H2/t14-,15+,16+/m1/s1. The molecule has 0 unspecified atom stereocenters. The minimum absolute atomic E-state index is 0.152. The van der Waals surface area contributed by atoms with Crippen molar-refractivity contribution >= 4 is 0 Å².